The Morgan fingerprint density at radius 1 is 0.947 bits per heavy atom. The molecule has 3 aromatic rings. The summed E-state index contributed by atoms with van der Waals surface area (Å²) in [7, 11) is 0. The summed E-state index contributed by atoms with van der Waals surface area (Å²) in [6, 6.07) is 25.3. The molecule has 2 atom stereocenters. The number of benzene rings is 3. The maximum Gasteiger partial charge on any atom is 0.434 e. The highest BCUT2D eigenvalue weighted by molar-refractivity contribution is 6.30. The minimum Gasteiger partial charge on any atom is -0.443 e. The number of nitrogens with one attached hydrogen (secondary N) is 1. The van der Waals surface area contributed by atoms with Gasteiger partial charge in [0.05, 0.1) is 6.04 Å². The molecular formula is C29H31ClN2O6. The zero-order chi connectivity index (χ0) is 26.8. The van der Waals surface area contributed by atoms with Crippen LogP contribution in [-0.2, 0) is 32.4 Å². The monoisotopic (exact) mass is 538 g/mol. The maximum absolute atomic E-state index is 13.2. The molecule has 4 rings (SSSR count). The molecule has 0 aliphatic carbocycles. The number of nitrogens with zero attached hydrogens (tertiary/aromatic N) is 1. The highest BCUT2D eigenvalue weighted by atomic mass is 35.5. The van der Waals surface area contributed by atoms with Crippen LogP contribution in [0, 0.1) is 0 Å². The van der Waals surface area contributed by atoms with Crippen LogP contribution in [0.4, 0.5) is 9.59 Å². The fraction of sp³-hybridized carbons (Fsp3) is 0.310. The van der Waals surface area contributed by atoms with Gasteiger partial charge in [0, 0.05) is 17.9 Å². The van der Waals surface area contributed by atoms with Crippen LogP contribution >= 0.6 is 11.6 Å². The van der Waals surface area contributed by atoms with Crippen LogP contribution in [0.1, 0.15) is 55.3 Å². The molecule has 0 bridgehead atoms. The van der Waals surface area contributed by atoms with E-state index in [0.29, 0.717) is 11.4 Å². The molecule has 0 spiro atoms. The zero-order valence-electron chi connectivity index (χ0n) is 21.2. The second-order valence-electron chi connectivity index (χ2n) is 9.01. The molecule has 1 aliphatic heterocycles. The molecule has 9 heteroatoms. The summed E-state index contributed by atoms with van der Waals surface area (Å²) in [5.41, 5.74) is 4.84. The van der Waals surface area contributed by atoms with Crippen LogP contribution in [0.5, 0.6) is 0 Å². The third-order valence-electron chi connectivity index (χ3n) is 6.14. The molecule has 38 heavy (non-hydrogen) atoms. The van der Waals surface area contributed by atoms with Crippen molar-refractivity contribution in [1.29, 1.82) is 0 Å². The Morgan fingerprint density at radius 2 is 1.55 bits per heavy atom. The first-order valence-corrected chi connectivity index (χ1v) is 12.9. The molecule has 0 aromatic heterocycles. The molecule has 2 amide bonds. The number of unbranched alkanes of at least 4 members (excludes halogenated alkanes) is 1. The number of ether oxygens (including phenoxy) is 2. The van der Waals surface area contributed by atoms with Gasteiger partial charge in [-0.2, -0.15) is 10.5 Å². The van der Waals surface area contributed by atoms with Crippen molar-refractivity contribution in [3.05, 3.63) is 107 Å². The number of amides is 2. The second kappa shape index (κ2) is 13.3. The van der Waals surface area contributed by atoms with E-state index in [9.17, 15) is 9.59 Å². The lowest BCUT2D eigenvalue weighted by Gasteiger charge is -2.27. The first kappa shape index (κ1) is 27.4. The highest BCUT2D eigenvalue weighted by Crippen LogP contribution is 2.44. The molecule has 8 nitrogen and oxygen atoms in total. The van der Waals surface area contributed by atoms with E-state index in [1.165, 1.54) is 5.06 Å². The smallest absolute Gasteiger partial charge is 0.434 e. The number of hydrogen-bond acceptors (Lipinski definition) is 6. The van der Waals surface area contributed by atoms with E-state index in [1.54, 1.807) is 12.1 Å². The third-order valence-corrected chi connectivity index (χ3v) is 6.39. The molecule has 0 radical (unpaired) electrons. The standard InChI is InChI=1S/C29H31ClN2O6/c1-2-3-18-29(37-31-27(33)35-20-22-10-6-4-7-11-22)19-26(24-14-16-25(30)17-15-24)32(38-29)28(34)36-21-23-12-8-5-9-13-23/h4-17,26H,2-3,18-21H2,1H3,(H,31,33)/t26-,29-/m0/s1. The van der Waals surface area contributed by atoms with Crippen LogP contribution in [0.15, 0.2) is 84.9 Å². The predicted octanol–water partition coefficient (Wildman–Crippen LogP) is 7.10. The molecule has 1 fully saturated rings. The average molecular weight is 539 g/mol. The Hall–Kier alpha value is -3.59. The quantitative estimate of drug-likeness (QED) is 0.277. The minimum atomic E-state index is -1.31. The summed E-state index contributed by atoms with van der Waals surface area (Å²) in [4.78, 5) is 37.6. The second-order valence-corrected chi connectivity index (χ2v) is 9.45. The maximum atomic E-state index is 13.2. The van der Waals surface area contributed by atoms with Crippen molar-refractivity contribution in [2.24, 2.45) is 0 Å². The molecule has 1 N–H and O–H groups in total. The molecule has 1 aliphatic rings. The van der Waals surface area contributed by atoms with E-state index < -0.39 is 24.0 Å². The fourth-order valence-electron chi connectivity index (χ4n) is 4.14. The lowest BCUT2D eigenvalue weighted by atomic mass is 9.97. The normalized spacial score (nSPS) is 18.7. The summed E-state index contributed by atoms with van der Waals surface area (Å²) >= 11 is 6.10. The van der Waals surface area contributed by atoms with E-state index in [0.717, 1.165) is 29.5 Å². The van der Waals surface area contributed by atoms with Crippen molar-refractivity contribution in [3.63, 3.8) is 0 Å². The highest BCUT2D eigenvalue weighted by Gasteiger charge is 2.51. The van der Waals surface area contributed by atoms with Crippen molar-refractivity contribution < 1.29 is 28.7 Å². The molecule has 200 valence electrons. The third kappa shape index (κ3) is 7.47. The van der Waals surface area contributed by atoms with E-state index in [2.05, 4.69) is 5.48 Å². The molecule has 1 saturated heterocycles. The number of carbonyl (C=O) groups is 2. The van der Waals surface area contributed by atoms with E-state index in [-0.39, 0.29) is 19.6 Å². The van der Waals surface area contributed by atoms with Gasteiger partial charge in [0.1, 0.15) is 13.2 Å². The zero-order valence-corrected chi connectivity index (χ0v) is 21.9. The Labute approximate surface area is 227 Å². The van der Waals surface area contributed by atoms with Gasteiger partial charge in [-0.15, -0.1) is 0 Å². The first-order valence-electron chi connectivity index (χ1n) is 12.6. The lowest BCUT2D eigenvalue weighted by molar-refractivity contribution is -0.310. The van der Waals surface area contributed by atoms with Crippen molar-refractivity contribution >= 4 is 23.8 Å². The van der Waals surface area contributed by atoms with Gasteiger partial charge in [-0.3, -0.25) is 0 Å². The summed E-state index contributed by atoms with van der Waals surface area (Å²) in [6.07, 6.45) is 0.852. The van der Waals surface area contributed by atoms with Gasteiger partial charge in [-0.25, -0.2) is 19.3 Å². The largest absolute Gasteiger partial charge is 0.443 e. The number of carbonyl (C=O) groups excluding carboxylic acids is 2. The van der Waals surface area contributed by atoms with E-state index in [4.69, 9.17) is 30.7 Å². The summed E-state index contributed by atoms with van der Waals surface area (Å²) < 4.78 is 10.8. The molecular weight excluding hydrogens is 508 g/mol. The molecule has 1 heterocycles. The van der Waals surface area contributed by atoms with Crippen LogP contribution < -0.4 is 5.48 Å². The van der Waals surface area contributed by atoms with Gasteiger partial charge in [-0.1, -0.05) is 97.7 Å². The van der Waals surface area contributed by atoms with Crippen molar-refractivity contribution in [2.75, 3.05) is 0 Å². The number of halogens is 1. The molecule has 0 unspecified atom stereocenters. The Balaban J connectivity index is 1.48. The van der Waals surface area contributed by atoms with Gasteiger partial charge >= 0.3 is 12.2 Å². The van der Waals surface area contributed by atoms with Crippen LogP contribution in [-0.4, -0.2) is 23.0 Å². The number of hydrogen-bond donors (Lipinski definition) is 1. The topological polar surface area (TPSA) is 86.3 Å². The first-order chi connectivity index (χ1) is 18.5. The van der Waals surface area contributed by atoms with Gasteiger partial charge < -0.3 is 9.47 Å². The van der Waals surface area contributed by atoms with Crippen molar-refractivity contribution in [2.45, 2.75) is 57.6 Å². The lowest BCUT2D eigenvalue weighted by Crippen LogP contribution is -2.42. The van der Waals surface area contributed by atoms with Gasteiger partial charge in [0.25, 0.3) is 0 Å². The van der Waals surface area contributed by atoms with Crippen LogP contribution in [0.25, 0.3) is 0 Å². The Morgan fingerprint density at radius 3 is 2.16 bits per heavy atom. The van der Waals surface area contributed by atoms with Gasteiger partial charge in [0.2, 0.25) is 5.79 Å². The van der Waals surface area contributed by atoms with E-state index >= 15 is 0 Å². The molecule has 0 saturated carbocycles. The number of rotatable bonds is 10. The van der Waals surface area contributed by atoms with Gasteiger partial charge in [0.15, 0.2) is 0 Å². The van der Waals surface area contributed by atoms with Gasteiger partial charge in [-0.05, 0) is 35.2 Å². The SMILES string of the molecule is CCCC[C@@]1(ONC(=O)OCc2ccccc2)C[C@@H](c2ccc(Cl)cc2)N(C(=O)OCc2ccccc2)O1. The molecule has 3 aromatic carbocycles. The van der Waals surface area contributed by atoms with Crippen molar-refractivity contribution in [1.82, 2.24) is 10.5 Å². The summed E-state index contributed by atoms with van der Waals surface area (Å²) in [6.45, 7) is 2.21. The van der Waals surface area contributed by atoms with E-state index in [1.807, 2.05) is 79.7 Å². The average Bonchev–Trinajstić information content (AvgIpc) is 3.34. The van der Waals surface area contributed by atoms with Crippen LogP contribution in [0.3, 0.4) is 0 Å². The predicted molar refractivity (Wildman–Crippen MR) is 141 cm³/mol. The fourth-order valence-corrected chi connectivity index (χ4v) is 4.26. The van der Waals surface area contributed by atoms with Crippen LogP contribution in [0.2, 0.25) is 5.02 Å². The summed E-state index contributed by atoms with van der Waals surface area (Å²) in [5, 5.41) is 1.75. The summed E-state index contributed by atoms with van der Waals surface area (Å²) in [5.74, 6) is -1.31. The minimum absolute atomic E-state index is 0.0831. The van der Waals surface area contributed by atoms with Crippen molar-refractivity contribution in [3.8, 4) is 0 Å². The number of hydroxylamine groups is 3. The Bertz CT molecular complexity index is 1180. The Kier molecular flexibility index (Phi) is 9.59.